The van der Waals surface area contributed by atoms with Gasteiger partial charge in [0.2, 0.25) is 5.75 Å². The van der Waals surface area contributed by atoms with Crippen LogP contribution in [0.2, 0.25) is 0 Å². The second kappa shape index (κ2) is 11.9. The fraction of sp³-hybridized carbons (Fsp3) is 0.185. The normalized spacial score (nSPS) is 12.0. The molecular formula is C27H23BrFN5O5. The molecule has 0 saturated carbocycles. The zero-order valence-electron chi connectivity index (χ0n) is 20.9. The monoisotopic (exact) mass is 595 g/mol. The van der Waals surface area contributed by atoms with E-state index in [9.17, 15) is 24.1 Å². The molecule has 200 valence electrons. The SMILES string of the molecule is CC[C@H](C)c1nc2ccc(Br)cc2c(=O)n1N=Cc1cccc([N+](=O)[O-])c1OCC(=O)Nc1ccc(F)cc1. The molecule has 0 aliphatic rings. The Morgan fingerprint density at radius 2 is 2.00 bits per heavy atom. The second-order valence-electron chi connectivity index (χ2n) is 8.60. The molecule has 39 heavy (non-hydrogen) atoms. The highest BCUT2D eigenvalue weighted by atomic mass is 79.9. The summed E-state index contributed by atoms with van der Waals surface area (Å²) in [7, 11) is 0. The number of para-hydroxylation sites is 1. The van der Waals surface area contributed by atoms with Crippen molar-refractivity contribution in [2.24, 2.45) is 5.10 Å². The van der Waals surface area contributed by atoms with E-state index in [1.807, 2.05) is 13.8 Å². The van der Waals surface area contributed by atoms with Gasteiger partial charge in [-0.25, -0.2) is 9.37 Å². The number of nitro benzene ring substituents is 1. The van der Waals surface area contributed by atoms with E-state index in [2.05, 4.69) is 31.3 Å². The predicted octanol–water partition coefficient (Wildman–Crippen LogP) is 5.62. The van der Waals surface area contributed by atoms with Crippen LogP contribution in [0.25, 0.3) is 10.9 Å². The highest BCUT2D eigenvalue weighted by Crippen LogP contribution is 2.30. The summed E-state index contributed by atoms with van der Waals surface area (Å²) in [6.07, 6.45) is 1.96. The fourth-order valence-corrected chi connectivity index (χ4v) is 4.07. The van der Waals surface area contributed by atoms with Crippen LogP contribution in [0, 0.1) is 15.9 Å². The number of hydrogen-bond donors (Lipinski definition) is 1. The number of carbonyl (C=O) groups is 1. The van der Waals surface area contributed by atoms with Gasteiger partial charge in [0.1, 0.15) is 11.6 Å². The molecule has 0 saturated heterocycles. The van der Waals surface area contributed by atoms with Crippen molar-refractivity contribution in [2.75, 3.05) is 11.9 Å². The molecule has 4 aromatic rings. The van der Waals surface area contributed by atoms with Gasteiger partial charge in [-0.2, -0.15) is 9.78 Å². The van der Waals surface area contributed by atoms with Crippen LogP contribution < -0.4 is 15.6 Å². The lowest BCUT2D eigenvalue weighted by molar-refractivity contribution is -0.385. The van der Waals surface area contributed by atoms with E-state index in [1.54, 1.807) is 18.2 Å². The summed E-state index contributed by atoms with van der Waals surface area (Å²) in [5, 5.41) is 18.9. The maximum absolute atomic E-state index is 13.4. The van der Waals surface area contributed by atoms with Crippen LogP contribution in [0.15, 0.2) is 75.0 Å². The number of amides is 1. The van der Waals surface area contributed by atoms with Crippen LogP contribution in [0.4, 0.5) is 15.8 Å². The smallest absolute Gasteiger partial charge is 0.311 e. The number of fused-ring (bicyclic) bond motifs is 1. The molecular weight excluding hydrogens is 573 g/mol. The molecule has 1 heterocycles. The van der Waals surface area contributed by atoms with E-state index < -0.39 is 28.8 Å². The van der Waals surface area contributed by atoms with E-state index in [0.29, 0.717) is 33.3 Å². The van der Waals surface area contributed by atoms with Crippen LogP contribution in [0.5, 0.6) is 5.75 Å². The number of rotatable bonds is 9. The molecule has 0 unspecified atom stereocenters. The van der Waals surface area contributed by atoms with Gasteiger partial charge in [0.05, 0.1) is 22.0 Å². The molecule has 0 fully saturated rings. The largest absolute Gasteiger partial charge is 0.476 e. The standard InChI is InChI=1S/C27H23BrFN5O5/c1-3-16(2)26-32-22-12-7-18(28)13-21(22)27(36)33(26)30-14-17-5-4-6-23(34(37)38)25(17)39-15-24(35)31-20-10-8-19(29)9-11-20/h4-14,16H,3,15H2,1-2H3,(H,31,35)/t16-/m0/s1. The summed E-state index contributed by atoms with van der Waals surface area (Å²) >= 11 is 3.37. The number of benzene rings is 3. The first-order valence-electron chi connectivity index (χ1n) is 11.9. The molecule has 3 aromatic carbocycles. The molecule has 12 heteroatoms. The zero-order valence-corrected chi connectivity index (χ0v) is 22.5. The molecule has 1 amide bonds. The number of nitrogens with one attached hydrogen (secondary N) is 1. The van der Waals surface area contributed by atoms with Crippen molar-refractivity contribution < 1.29 is 18.8 Å². The van der Waals surface area contributed by atoms with Gasteiger partial charge in [0.25, 0.3) is 11.5 Å². The lowest BCUT2D eigenvalue weighted by Crippen LogP contribution is -2.24. The van der Waals surface area contributed by atoms with Gasteiger partial charge in [-0.3, -0.25) is 19.7 Å². The fourth-order valence-electron chi connectivity index (χ4n) is 3.71. The van der Waals surface area contributed by atoms with Crippen molar-refractivity contribution in [2.45, 2.75) is 26.2 Å². The van der Waals surface area contributed by atoms with Gasteiger partial charge in [-0.05, 0) is 55.0 Å². The summed E-state index contributed by atoms with van der Waals surface area (Å²) in [5.74, 6) is -0.950. The maximum Gasteiger partial charge on any atom is 0.311 e. The summed E-state index contributed by atoms with van der Waals surface area (Å²) in [5.41, 5.74) is 0.247. The van der Waals surface area contributed by atoms with Crippen molar-refractivity contribution in [3.63, 3.8) is 0 Å². The average molecular weight is 596 g/mol. The molecule has 1 aromatic heterocycles. The van der Waals surface area contributed by atoms with Crippen molar-refractivity contribution >= 4 is 50.3 Å². The minimum Gasteiger partial charge on any atom is -0.476 e. The van der Waals surface area contributed by atoms with Crippen LogP contribution in [-0.2, 0) is 4.79 Å². The Kier molecular flexibility index (Phi) is 8.45. The summed E-state index contributed by atoms with van der Waals surface area (Å²) < 4.78 is 20.6. The van der Waals surface area contributed by atoms with E-state index >= 15 is 0 Å². The van der Waals surface area contributed by atoms with Crippen molar-refractivity contribution in [3.05, 3.63) is 103 Å². The summed E-state index contributed by atoms with van der Waals surface area (Å²) in [6.45, 7) is 3.31. The van der Waals surface area contributed by atoms with Gasteiger partial charge in [0.15, 0.2) is 6.61 Å². The molecule has 0 bridgehead atoms. The number of aromatic nitrogens is 2. The van der Waals surface area contributed by atoms with Gasteiger partial charge in [-0.1, -0.05) is 35.8 Å². The van der Waals surface area contributed by atoms with Crippen LogP contribution in [0.1, 0.15) is 37.6 Å². The summed E-state index contributed by atoms with van der Waals surface area (Å²) in [4.78, 5) is 41.5. The molecule has 4 rings (SSSR count). The third kappa shape index (κ3) is 6.34. The van der Waals surface area contributed by atoms with E-state index in [0.717, 1.165) is 0 Å². The maximum atomic E-state index is 13.4. The molecule has 0 radical (unpaired) electrons. The minimum atomic E-state index is -0.642. The van der Waals surface area contributed by atoms with Crippen molar-refractivity contribution in [1.82, 2.24) is 9.66 Å². The van der Waals surface area contributed by atoms with Gasteiger partial charge >= 0.3 is 5.69 Å². The van der Waals surface area contributed by atoms with Gasteiger partial charge < -0.3 is 10.1 Å². The average Bonchev–Trinajstić information content (AvgIpc) is 2.92. The number of anilines is 1. The van der Waals surface area contributed by atoms with E-state index in [1.165, 1.54) is 53.4 Å². The first-order chi connectivity index (χ1) is 18.7. The number of halogens is 2. The second-order valence-corrected chi connectivity index (χ2v) is 9.51. The quantitative estimate of drug-likeness (QED) is 0.152. The highest BCUT2D eigenvalue weighted by Gasteiger charge is 2.21. The molecule has 1 N–H and O–H groups in total. The number of nitro groups is 1. The Bertz CT molecular complexity index is 1640. The first kappa shape index (κ1) is 27.6. The Morgan fingerprint density at radius 3 is 2.69 bits per heavy atom. The Morgan fingerprint density at radius 1 is 1.26 bits per heavy atom. The molecule has 1 atom stereocenters. The van der Waals surface area contributed by atoms with Crippen molar-refractivity contribution in [3.8, 4) is 5.75 Å². The van der Waals surface area contributed by atoms with Crippen molar-refractivity contribution in [1.29, 1.82) is 0 Å². The molecule has 0 aliphatic carbocycles. The number of carbonyl (C=O) groups excluding carboxylic acids is 1. The third-order valence-corrected chi connectivity index (χ3v) is 6.39. The summed E-state index contributed by atoms with van der Waals surface area (Å²) in [6, 6.07) is 14.5. The minimum absolute atomic E-state index is 0.112. The number of nitrogens with zero attached hydrogens (tertiary/aromatic N) is 4. The van der Waals surface area contributed by atoms with E-state index in [4.69, 9.17) is 4.74 Å². The number of ether oxygens (including phenoxy) is 1. The predicted molar refractivity (Wildman–Crippen MR) is 149 cm³/mol. The van der Waals surface area contributed by atoms with E-state index in [-0.39, 0.29) is 22.9 Å². The Balaban J connectivity index is 1.70. The lowest BCUT2D eigenvalue weighted by atomic mass is 10.1. The zero-order chi connectivity index (χ0) is 28.1. The van der Waals surface area contributed by atoms with Crippen LogP contribution >= 0.6 is 15.9 Å². The molecule has 0 aliphatic heterocycles. The topological polar surface area (TPSA) is 129 Å². The number of hydrogen-bond acceptors (Lipinski definition) is 7. The van der Waals surface area contributed by atoms with Gasteiger partial charge in [-0.15, -0.1) is 0 Å². The Hall–Kier alpha value is -4.45. The van der Waals surface area contributed by atoms with Gasteiger partial charge in [0, 0.05) is 27.7 Å². The van der Waals surface area contributed by atoms with Crippen LogP contribution in [-0.4, -0.2) is 33.3 Å². The first-order valence-corrected chi connectivity index (χ1v) is 12.7. The highest BCUT2D eigenvalue weighted by molar-refractivity contribution is 9.10. The third-order valence-electron chi connectivity index (χ3n) is 5.90. The molecule has 10 nitrogen and oxygen atoms in total. The van der Waals surface area contributed by atoms with Crippen LogP contribution in [0.3, 0.4) is 0 Å². The molecule has 0 spiro atoms. The Labute approximate surface area is 230 Å². The lowest BCUT2D eigenvalue weighted by Gasteiger charge is -2.14.